The molecular formula is C15H13F6N3O2. The van der Waals surface area contributed by atoms with Crippen molar-refractivity contribution < 1.29 is 35.7 Å². The summed E-state index contributed by atoms with van der Waals surface area (Å²) in [4.78, 5) is 12.2. The Morgan fingerprint density at radius 3 is 2.08 bits per heavy atom. The van der Waals surface area contributed by atoms with Crippen molar-refractivity contribution in [3.05, 3.63) is 47.2 Å². The van der Waals surface area contributed by atoms with E-state index in [0.717, 1.165) is 17.4 Å². The smallest absolute Gasteiger partial charge is 0.360 e. The van der Waals surface area contributed by atoms with Crippen LogP contribution in [0.2, 0.25) is 0 Å². The molecule has 142 valence electrons. The van der Waals surface area contributed by atoms with Crippen LogP contribution >= 0.6 is 0 Å². The summed E-state index contributed by atoms with van der Waals surface area (Å²) >= 11 is 0. The third kappa shape index (κ3) is 3.60. The van der Waals surface area contributed by atoms with E-state index in [1.54, 1.807) is 0 Å². The second kappa shape index (κ2) is 6.54. The van der Waals surface area contributed by atoms with Crippen molar-refractivity contribution in [1.82, 2.24) is 10.5 Å². The molecule has 0 atom stereocenters. The highest BCUT2D eigenvalue weighted by atomic mass is 19.4. The van der Waals surface area contributed by atoms with Gasteiger partial charge in [-0.05, 0) is 25.5 Å². The summed E-state index contributed by atoms with van der Waals surface area (Å²) < 4.78 is 85.4. The number of alkyl halides is 6. The first kappa shape index (κ1) is 19.6. The van der Waals surface area contributed by atoms with E-state index in [2.05, 4.69) is 9.68 Å². The Hall–Kier alpha value is -2.72. The van der Waals surface area contributed by atoms with Crippen LogP contribution in [0.15, 0.2) is 34.9 Å². The molecule has 5 nitrogen and oxygen atoms in total. The minimum Gasteiger partial charge on any atom is -0.360 e. The maximum Gasteiger partial charge on any atom is 0.439 e. The number of carbonyl (C=O) groups is 1. The molecule has 2 rings (SSSR count). The zero-order valence-electron chi connectivity index (χ0n) is 13.4. The van der Waals surface area contributed by atoms with Crippen molar-refractivity contribution in [3.63, 3.8) is 0 Å². The lowest BCUT2D eigenvalue weighted by Gasteiger charge is -2.38. The predicted octanol–water partition coefficient (Wildman–Crippen LogP) is 3.95. The fraction of sp³-hybridized carbons (Fsp3) is 0.333. The van der Waals surface area contributed by atoms with Crippen LogP contribution in [0.25, 0.3) is 0 Å². The first-order valence-corrected chi connectivity index (χ1v) is 7.10. The van der Waals surface area contributed by atoms with E-state index in [0.29, 0.717) is 0 Å². The molecule has 0 aliphatic heterocycles. The van der Waals surface area contributed by atoms with E-state index in [1.807, 2.05) is 0 Å². The Morgan fingerprint density at radius 2 is 1.62 bits per heavy atom. The van der Waals surface area contributed by atoms with Crippen LogP contribution in [0.1, 0.15) is 21.7 Å². The summed E-state index contributed by atoms with van der Waals surface area (Å²) in [6.07, 6.45) is -11.9. The van der Waals surface area contributed by atoms with Crippen LogP contribution in [0.3, 0.4) is 0 Å². The number of aryl methyl sites for hydroxylation is 2. The number of aromatic nitrogens is 1. The second-order valence-corrected chi connectivity index (χ2v) is 5.46. The number of halogens is 6. The van der Waals surface area contributed by atoms with Crippen LogP contribution in [0.4, 0.5) is 32.2 Å². The summed E-state index contributed by atoms with van der Waals surface area (Å²) in [5.74, 6) is -2.40. The van der Waals surface area contributed by atoms with E-state index < -0.39 is 29.7 Å². The van der Waals surface area contributed by atoms with Crippen LogP contribution in [-0.2, 0) is 0 Å². The van der Waals surface area contributed by atoms with Crippen molar-refractivity contribution in [2.75, 3.05) is 5.32 Å². The van der Waals surface area contributed by atoms with Gasteiger partial charge < -0.3 is 15.2 Å². The molecule has 2 aromatic rings. The molecular weight excluding hydrogens is 368 g/mol. The van der Waals surface area contributed by atoms with E-state index in [-0.39, 0.29) is 16.9 Å². The highest BCUT2D eigenvalue weighted by Gasteiger charge is 2.73. The van der Waals surface area contributed by atoms with E-state index in [4.69, 9.17) is 0 Å². The number of carbonyl (C=O) groups excluding carboxylic acids is 1. The van der Waals surface area contributed by atoms with Crippen molar-refractivity contribution in [1.29, 1.82) is 0 Å². The monoisotopic (exact) mass is 381 g/mol. The molecule has 0 saturated heterocycles. The summed E-state index contributed by atoms with van der Waals surface area (Å²) in [5, 5.41) is 5.36. The number of rotatable bonds is 4. The number of nitrogens with zero attached hydrogens (tertiary/aromatic N) is 1. The number of benzene rings is 1. The molecule has 11 heteroatoms. The molecule has 1 amide bonds. The number of amides is 1. The third-order valence-corrected chi connectivity index (χ3v) is 3.48. The van der Waals surface area contributed by atoms with Crippen molar-refractivity contribution in [2.45, 2.75) is 31.9 Å². The minimum absolute atomic E-state index is 0.0176. The van der Waals surface area contributed by atoms with Gasteiger partial charge in [0.15, 0.2) is 5.82 Å². The Bertz CT molecular complexity index is 783. The van der Waals surface area contributed by atoms with Gasteiger partial charge in [0.05, 0.1) is 0 Å². The summed E-state index contributed by atoms with van der Waals surface area (Å²) in [7, 11) is 0. The fourth-order valence-corrected chi connectivity index (χ4v) is 2.16. The number of hydrogen-bond acceptors (Lipinski definition) is 4. The molecule has 2 N–H and O–H groups in total. The zero-order chi connectivity index (χ0) is 19.8. The minimum atomic E-state index is -5.93. The lowest BCUT2D eigenvalue weighted by atomic mass is 10.0. The van der Waals surface area contributed by atoms with Crippen molar-refractivity contribution in [3.8, 4) is 0 Å². The Labute approximate surface area is 143 Å². The molecule has 0 saturated carbocycles. The van der Waals surface area contributed by atoms with Gasteiger partial charge in [0.1, 0.15) is 5.76 Å². The standard InChI is InChI=1S/C15H13F6N3O2/c1-8-5-3-4-6-10(8)12(25)23-13(14(16,17)18,15(19,20)21)22-11-7-9(2)26-24-11/h3-7H,1-2H3,(H,22,24)(H,23,25). The first-order valence-electron chi connectivity index (χ1n) is 7.10. The number of nitrogens with one attached hydrogen (secondary N) is 2. The molecule has 0 bridgehead atoms. The van der Waals surface area contributed by atoms with Gasteiger partial charge in [-0.1, -0.05) is 23.4 Å². The van der Waals surface area contributed by atoms with E-state index in [1.165, 1.54) is 37.4 Å². The van der Waals surface area contributed by atoms with Gasteiger partial charge in [-0.3, -0.25) is 4.79 Å². The van der Waals surface area contributed by atoms with Crippen molar-refractivity contribution in [2.24, 2.45) is 0 Å². The highest BCUT2D eigenvalue weighted by molar-refractivity contribution is 5.96. The van der Waals surface area contributed by atoms with Crippen LogP contribution < -0.4 is 10.6 Å². The van der Waals surface area contributed by atoms with Gasteiger partial charge in [-0.2, -0.15) is 26.3 Å². The molecule has 1 aromatic heterocycles. The molecule has 0 radical (unpaired) electrons. The SMILES string of the molecule is Cc1cc(NC(NC(=O)c2ccccc2C)(C(F)(F)F)C(F)(F)F)no1. The quantitative estimate of drug-likeness (QED) is 0.622. The Kier molecular flexibility index (Phi) is 4.93. The van der Waals surface area contributed by atoms with Crippen LogP contribution in [0, 0.1) is 13.8 Å². The lowest BCUT2D eigenvalue weighted by molar-refractivity contribution is -0.294. The molecule has 0 aliphatic carbocycles. The third-order valence-electron chi connectivity index (χ3n) is 3.48. The van der Waals surface area contributed by atoms with Gasteiger partial charge in [-0.25, -0.2) is 0 Å². The van der Waals surface area contributed by atoms with E-state index in [9.17, 15) is 31.1 Å². The maximum atomic E-state index is 13.5. The molecule has 0 unspecified atom stereocenters. The Morgan fingerprint density at radius 1 is 1.04 bits per heavy atom. The van der Waals surface area contributed by atoms with Crippen LogP contribution in [0.5, 0.6) is 0 Å². The molecule has 26 heavy (non-hydrogen) atoms. The molecule has 1 heterocycles. The summed E-state index contributed by atoms with van der Waals surface area (Å²) in [5.41, 5.74) is -4.88. The van der Waals surface area contributed by atoms with Gasteiger partial charge in [0.25, 0.3) is 5.91 Å². The summed E-state index contributed by atoms with van der Waals surface area (Å²) in [6.45, 7) is 2.67. The lowest BCUT2D eigenvalue weighted by Crippen LogP contribution is -2.72. The van der Waals surface area contributed by atoms with Crippen LogP contribution in [-0.4, -0.2) is 29.1 Å². The molecule has 0 fully saturated rings. The van der Waals surface area contributed by atoms with E-state index >= 15 is 0 Å². The predicted molar refractivity (Wildman–Crippen MR) is 78.3 cm³/mol. The van der Waals surface area contributed by atoms with Crippen molar-refractivity contribution >= 4 is 11.7 Å². The Balaban J connectivity index is 2.52. The molecule has 1 aromatic carbocycles. The number of hydrogen-bond donors (Lipinski definition) is 2. The largest absolute Gasteiger partial charge is 0.439 e. The van der Waals surface area contributed by atoms with Gasteiger partial charge in [0, 0.05) is 11.6 Å². The average molecular weight is 381 g/mol. The number of anilines is 1. The zero-order valence-corrected chi connectivity index (χ0v) is 13.4. The first-order chi connectivity index (χ1) is 11.9. The average Bonchev–Trinajstić information content (AvgIpc) is 2.89. The van der Waals surface area contributed by atoms with Gasteiger partial charge in [-0.15, -0.1) is 0 Å². The fourth-order valence-electron chi connectivity index (χ4n) is 2.16. The molecule has 0 spiro atoms. The summed E-state index contributed by atoms with van der Waals surface area (Å²) in [6, 6.07) is 6.14. The highest BCUT2D eigenvalue weighted by Crippen LogP contribution is 2.43. The maximum absolute atomic E-state index is 13.5. The second-order valence-electron chi connectivity index (χ2n) is 5.46. The normalized spacial score (nSPS) is 12.8. The van der Waals surface area contributed by atoms with Gasteiger partial charge in [0.2, 0.25) is 0 Å². The van der Waals surface area contributed by atoms with Gasteiger partial charge >= 0.3 is 18.0 Å². The molecule has 0 aliphatic rings. The topological polar surface area (TPSA) is 67.2 Å².